The van der Waals surface area contributed by atoms with Gasteiger partial charge in [0, 0.05) is 46.5 Å². The highest BCUT2D eigenvalue weighted by Crippen LogP contribution is 2.34. The molecule has 4 aromatic rings. The summed E-state index contributed by atoms with van der Waals surface area (Å²) in [6.07, 6.45) is 3.70. The second-order valence-corrected chi connectivity index (χ2v) is 8.82. The molecule has 3 aromatic heterocycles. The van der Waals surface area contributed by atoms with Crippen molar-refractivity contribution >= 4 is 34.2 Å². The molecule has 4 heterocycles. The molecule has 176 valence electrons. The molecule has 1 aliphatic heterocycles. The molecule has 1 atom stereocenters. The molecule has 0 spiro atoms. The van der Waals surface area contributed by atoms with Crippen LogP contribution in [-0.2, 0) is 4.74 Å². The summed E-state index contributed by atoms with van der Waals surface area (Å²) < 4.78 is 5.47. The van der Waals surface area contributed by atoms with Gasteiger partial charge >= 0.3 is 0 Å². The van der Waals surface area contributed by atoms with Gasteiger partial charge in [-0.05, 0) is 36.8 Å². The van der Waals surface area contributed by atoms with Crippen LogP contribution in [0.1, 0.15) is 27.8 Å². The summed E-state index contributed by atoms with van der Waals surface area (Å²) in [4.78, 5) is 26.3. The van der Waals surface area contributed by atoms with Crippen molar-refractivity contribution in [1.29, 1.82) is 0 Å². The van der Waals surface area contributed by atoms with E-state index in [-0.39, 0.29) is 12.5 Å². The first kappa shape index (κ1) is 22.5. The average molecular weight is 480 g/mol. The second kappa shape index (κ2) is 9.50. The van der Waals surface area contributed by atoms with E-state index in [0.29, 0.717) is 23.9 Å². The maximum Gasteiger partial charge on any atom is 0.268 e. The minimum Gasteiger partial charge on any atom is -0.394 e. The topological polar surface area (TPSA) is 106 Å². The van der Waals surface area contributed by atoms with E-state index in [4.69, 9.17) is 16.3 Å². The van der Waals surface area contributed by atoms with Crippen LogP contribution in [0.4, 0.5) is 5.69 Å². The Morgan fingerprint density at radius 2 is 2.12 bits per heavy atom. The standard InChI is InChI=1S/C25H26ClN5O3/c1-15-23(20-11-19(13-28-24(20)29-15)31-5-7-34-8-6-31)17-10-21(27-12-17)25(33)30-22(14-32)16-3-2-4-18(26)9-16/h2-4,9-13,22,27,32H,5-8,14H2,1H3,(H,28,29)(H,30,33)/t22-/m1/s1. The number of aryl methyl sites for hydroxylation is 1. The summed E-state index contributed by atoms with van der Waals surface area (Å²) in [7, 11) is 0. The average Bonchev–Trinajstić information content (AvgIpc) is 3.46. The van der Waals surface area contributed by atoms with Crippen molar-refractivity contribution in [1.82, 2.24) is 20.3 Å². The fourth-order valence-electron chi connectivity index (χ4n) is 4.42. The van der Waals surface area contributed by atoms with Crippen molar-refractivity contribution in [3.8, 4) is 11.1 Å². The molecule has 0 bridgehead atoms. The van der Waals surface area contributed by atoms with Crippen LogP contribution in [0.5, 0.6) is 0 Å². The Morgan fingerprint density at radius 3 is 2.88 bits per heavy atom. The van der Waals surface area contributed by atoms with E-state index in [9.17, 15) is 9.90 Å². The molecular weight excluding hydrogens is 454 g/mol. The number of fused-ring (bicyclic) bond motifs is 1. The van der Waals surface area contributed by atoms with Crippen LogP contribution < -0.4 is 10.2 Å². The van der Waals surface area contributed by atoms with E-state index in [2.05, 4.69) is 31.2 Å². The van der Waals surface area contributed by atoms with Gasteiger partial charge in [0.05, 0.1) is 37.7 Å². The third-order valence-electron chi connectivity index (χ3n) is 6.15. The van der Waals surface area contributed by atoms with Crippen LogP contribution in [0, 0.1) is 6.92 Å². The number of benzene rings is 1. The SMILES string of the molecule is Cc1[nH]c2ncc(N3CCOCC3)cc2c1-c1c[nH]c(C(=O)N[C@H](CO)c2cccc(Cl)c2)c1. The minimum absolute atomic E-state index is 0.239. The van der Waals surface area contributed by atoms with Crippen molar-refractivity contribution in [2.75, 3.05) is 37.8 Å². The number of rotatable bonds is 6. The molecule has 9 heteroatoms. The molecule has 4 N–H and O–H groups in total. The molecule has 0 unspecified atom stereocenters. The van der Waals surface area contributed by atoms with Gasteiger partial charge in [0.15, 0.2) is 0 Å². The van der Waals surface area contributed by atoms with Crippen LogP contribution in [0.15, 0.2) is 48.8 Å². The lowest BCUT2D eigenvalue weighted by Crippen LogP contribution is -2.36. The van der Waals surface area contributed by atoms with Gasteiger partial charge in [-0.3, -0.25) is 4.79 Å². The van der Waals surface area contributed by atoms with Crippen LogP contribution in [0.3, 0.4) is 0 Å². The number of aromatic amines is 2. The predicted octanol–water partition coefficient (Wildman–Crippen LogP) is 3.82. The number of nitrogens with one attached hydrogen (secondary N) is 3. The second-order valence-electron chi connectivity index (χ2n) is 8.38. The van der Waals surface area contributed by atoms with E-state index in [0.717, 1.165) is 52.2 Å². The number of ether oxygens (including phenoxy) is 1. The Hall–Kier alpha value is -3.33. The number of aliphatic hydroxyl groups is 1. The summed E-state index contributed by atoms with van der Waals surface area (Å²) in [6, 6.07) is 10.5. The zero-order valence-corrected chi connectivity index (χ0v) is 19.5. The fraction of sp³-hybridized carbons (Fsp3) is 0.280. The molecule has 0 radical (unpaired) electrons. The molecule has 1 saturated heterocycles. The highest BCUT2D eigenvalue weighted by atomic mass is 35.5. The highest BCUT2D eigenvalue weighted by molar-refractivity contribution is 6.30. The third-order valence-corrected chi connectivity index (χ3v) is 6.39. The van der Waals surface area contributed by atoms with Crippen molar-refractivity contribution in [3.63, 3.8) is 0 Å². The number of hydrogen-bond donors (Lipinski definition) is 4. The van der Waals surface area contributed by atoms with Gasteiger partial charge in [0.2, 0.25) is 0 Å². The highest BCUT2D eigenvalue weighted by Gasteiger charge is 2.20. The Kier molecular flexibility index (Phi) is 6.28. The van der Waals surface area contributed by atoms with E-state index < -0.39 is 6.04 Å². The Labute approximate surface area is 201 Å². The molecule has 34 heavy (non-hydrogen) atoms. The molecule has 8 nitrogen and oxygen atoms in total. The number of H-pyrrole nitrogens is 2. The van der Waals surface area contributed by atoms with Crippen molar-refractivity contribution in [2.45, 2.75) is 13.0 Å². The quantitative estimate of drug-likeness (QED) is 0.336. The number of halogens is 1. The molecule has 0 saturated carbocycles. The lowest BCUT2D eigenvalue weighted by molar-refractivity contribution is 0.0911. The number of carbonyl (C=O) groups excluding carboxylic acids is 1. The van der Waals surface area contributed by atoms with Crippen LogP contribution in [0.25, 0.3) is 22.2 Å². The molecular formula is C25H26ClN5O3. The Balaban J connectivity index is 1.41. The first-order valence-corrected chi connectivity index (χ1v) is 11.6. The number of aromatic nitrogens is 3. The number of aliphatic hydroxyl groups excluding tert-OH is 1. The predicted molar refractivity (Wildman–Crippen MR) is 132 cm³/mol. The Bertz CT molecular complexity index is 1330. The zero-order chi connectivity index (χ0) is 23.7. The summed E-state index contributed by atoms with van der Waals surface area (Å²) >= 11 is 6.07. The van der Waals surface area contributed by atoms with Crippen LogP contribution in [-0.4, -0.2) is 58.9 Å². The fourth-order valence-corrected chi connectivity index (χ4v) is 4.61. The van der Waals surface area contributed by atoms with Crippen molar-refractivity contribution < 1.29 is 14.6 Å². The normalized spacial score (nSPS) is 15.0. The maximum atomic E-state index is 12.9. The summed E-state index contributed by atoms with van der Waals surface area (Å²) in [5.41, 5.74) is 5.86. The van der Waals surface area contributed by atoms with E-state index >= 15 is 0 Å². The van der Waals surface area contributed by atoms with Crippen LogP contribution >= 0.6 is 11.6 Å². The van der Waals surface area contributed by atoms with Gasteiger partial charge in [0.1, 0.15) is 11.3 Å². The van der Waals surface area contributed by atoms with Crippen molar-refractivity contribution in [2.24, 2.45) is 0 Å². The maximum absolute atomic E-state index is 12.9. The van der Waals surface area contributed by atoms with E-state index in [1.807, 2.05) is 31.5 Å². The van der Waals surface area contributed by atoms with Gasteiger partial charge in [-0.15, -0.1) is 0 Å². The summed E-state index contributed by atoms with van der Waals surface area (Å²) in [5, 5.41) is 14.2. The Morgan fingerprint density at radius 1 is 1.29 bits per heavy atom. The van der Waals surface area contributed by atoms with Gasteiger partial charge in [-0.2, -0.15) is 0 Å². The lowest BCUT2D eigenvalue weighted by Gasteiger charge is -2.28. The van der Waals surface area contributed by atoms with Gasteiger partial charge < -0.3 is 30.0 Å². The number of amides is 1. The van der Waals surface area contributed by atoms with Gasteiger partial charge in [0.25, 0.3) is 5.91 Å². The van der Waals surface area contributed by atoms with Crippen molar-refractivity contribution in [3.05, 3.63) is 70.8 Å². The monoisotopic (exact) mass is 479 g/mol. The number of carbonyl (C=O) groups is 1. The molecule has 1 fully saturated rings. The summed E-state index contributed by atoms with van der Waals surface area (Å²) in [5.74, 6) is -0.310. The number of pyridine rings is 1. The molecule has 0 aliphatic carbocycles. The number of nitrogens with zero attached hydrogens (tertiary/aromatic N) is 2. The molecule has 1 aromatic carbocycles. The molecule has 1 amide bonds. The van der Waals surface area contributed by atoms with Gasteiger partial charge in [-0.25, -0.2) is 4.98 Å². The number of anilines is 1. The van der Waals surface area contributed by atoms with E-state index in [1.54, 1.807) is 18.2 Å². The zero-order valence-electron chi connectivity index (χ0n) is 18.8. The summed E-state index contributed by atoms with van der Waals surface area (Å²) in [6.45, 7) is 4.84. The third kappa shape index (κ3) is 4.40. The van der Waals surface area contributed by atoms with E-state index in [1.165, 1.54) is 0 Å². The largest absolute Gasteiger partial charge is 0.394 e. The molecule has 1 aliphatic rings. The van der Waals surface area contributed by atoms with Gasteiger partial charge in [-0.1, -0.05) is 23.7 Å². The molecule has 5 rings (SSSR count). The van der Waals surface area contributed by atoms with Crippen LogP contribution in [0.2, 0.25) is 5.02 Å². The number of morpholine rings is 1. The lowest BCUT2D eigenvalue weighted by atomic mass is 10.1. The first-order chi connectivity index (χ1) is 16.5. The minimum atomic E-state index is -0.562. The smallest absolute Gasteiger partial charge is 0.268 e. The number of hydrogen-bond acceptors (Lipinski definition) is 5. The first-order valence-electron chi connectivity index (χ1n) is 11.2.